The van der Waals surface area contributed by atoms with E-state index in [4.69, 9.17) is 0 Å². The number of hydrogen-bond donors (Lipinski definition) is 4. The zero-order valence-electron chi connectivity index (χ0n) is 31.4. The van der Waals surface area contributed by atoms with Gasteiger partial charge in [-0.15, -0.1) is 0 Å². The van der Waals surface area contributed by atoms with Crippen LogP contribution in [0.25, 0.3) is 89.0 Å². The van der Waals surface area contributed by atoms with Gasteiger partial charge in [0.1, 0.15) is 23.0 Å². The smallest absolute Gasteiger partial charge is 0.115 e. The van der Waals surface area contributed by atoms with E-state index in [0.29, 0.717) is 0 Å². The van der Waals surface area contributed by atoms with Crippen molar-refractivity contribution in [2.45, 2.75) is 0 Å². The minimum atomic E-state index is 0.201. The quantitative estimate of drug-likeness (QED) is 0.125. The summed E-state index contributed by atoms with van der Waals surface area (Å²) in [7, 11) is 0. The van der Waals surface area contributed by atoms with Crippen molar-refractivity contribution in [3.63, 3.8) is 0 Å². The van der Waals surface area contributed by atoms with Crippen LogP contribution >= 0.6 is 0 Å². The van der Waals surface area contributed by atoms with Crippen LogP contribution in [0.15, 0.2) is 206 Å². The fourth-order valence-electron chi connectivity index (χ4n) is 7.94. The van der Waals surface area contributed by atoms with Crippen molar-refractivity contribution in [1.82, 2.24) is 0 Å². The molecule has 0 saturated carbocycles. The lowest BCUT2D eigenvalue weighted by molar-refractivity contribution is 0.475. The van der Waals surface area contributed by atoms with Crippen LogP contribution < -0.4 is 0 Å². The molecule has 0 bridgehead atoms. The normalized spacial score (nSPS) is 11.0. The molecule has 0 spiro atoms. The first-order valence-corrected chi connectivity index (χ1v) is 19.1. The Labute approximate surface area is 337 Å². The van der Waals surface area contributed by atoms with Gasteiger partial charge in [-0.2, -0.15) is 0 Å². The maximum Gasteiger partial charge on any atom is 0.115 e. The molecular weight excluding hydrogens is 713 g/mol. The molecule has 0 saturated heterocycles. The fourth-order valence-corrected chi connectivity index (χ4v) is 7.94. The van der Waals surface area contributed by atoms with Gasteiger partial charge < -0.3 is 20.4 Å². The molecule has 0 aliphatic heterocycles. The number of aromatic hydroxyl groups is 4. The highest BCUT2D eigenvalue weighted by atomic mass is 16.3. The van der Waals surface area contributed by atoms with Crippen molar-refractivity contribution >= 4 is 0 Å². The second-order valence-corrected chi connectivity index (χ2v) is 14.3. The molecule has 9 aromatic carbocycles. The predicted octanol–water partition coefficient (Wildman–Crippen LogP) is 13.8. The monoisotopic (exact) mass is 750 g/mol. The molecular formula is C54H38O4. The maximum absolute atomic E-state index is 10.3. The topological polar surface area (TPSA) is 80.9 Å². The number of phenols is 4. The van der Waals surface area contributed by atoms with Gasteiger partial charge in [0.2, 0.25) is 0 Å². The number of phenolic OH excluding ortho intramolecular Hbond substituents is 4. The van der Waals surface area contributed by atoms with Gasteiger partial charge >= 0.3 is 0 Å². The van der Waals surface area contributed by atoms with E-state index in [9.17, 15) is 20.4 Å². The van der Waals surface area contributed by atoms with Crippen molar-refractivity contribution < 1.29 is 20.4 Å². The van der Waals surface area contributed by atoms with E-state index >= 15 is 0 Å². The van der Waals surface area contributed by atoms with Crippen LogP contribution in [0, 0.1) is 0 Å². The molecule has 0 radical (unpaired) electrons. The van der Waals surface area contributed by atoms with E-state index in [-0.39, 0.29) is 23.0 Å². The first-order valence-electron chi connectivity index (χ1n) is 19.1. The highest BCUT2D eigenvalue weighted by molar-refractivity contribution is 6.04. The summed E-state index contributed by atoms with van der Waals surface area (Å²) in [5.74, 6) is 0.814. The summed E-state index contributed by atoms with van der Waals surface area (Å²) in [6.45, 7) is 0. The van der Waals surface area contributed by atoms with Gasteiger partial charge in [0.05, 0.1) is 0 Å². The summed E-state index contributed by atoms with van der Waals surface area (Å²) < 4.78 is 0. The summed E-state index contributed by atoms with van der Waals surface area (Å²) >= 11 is 0. The van der Waals surface area contributed by atoms with Crippen LogP contribution in [0.3, 0.4) is 0 Å². The number of rotatable bonds is 8. The lowest BCUT2D eigenvalue weighted by atomic mass is 9.81. The molecule has 0 fully saturated rings. The van der Waals surface area contributed by atoms with E-state index in [1.807, 2.05) is 84.9 Å². The lowest BCUT2D eigenvalue weighted by Crippen LogP contribution is -1.96. The maximum atomic E-state index is 10.3. The third-order valence-electron chi connectivity index (χ3n) is 10.7. The van der Waals surface area contributed by atoms with Gasteiger partial charge in [-0.3, -0.25) is 0 Å². The Morgan fingerprint density at radius 2 is 0.362 bits per heavy atom. The zero-order valence-corrected chi connectivity index (χ0v) is 31.4. The highest BCUT2D eigenvalue weighted by Gasteiger charge is 2.22. The van der Waals surface area contributed by atoms with Gasteiger partial charge in [-0.25, -0.2) is 0 Å². The second-order valence-electron chi connectivity index (χ2n) is 14.3. The third-order valence-corrected chi connectivity index (χ3v) is 10.7. The first kappa shape index (κ1) is 35.9. The van der Waals surface area contributed by atoms with Crippen LogP contribution in [0.4, 0.5) is 0 Å². The van der Waals surface area contributed by atoms with Crippen LogP contribution in [0.2, 0.25) is 0 Å². The summed E-state index contributed by atoms with van der Waals surface area (Å²) in [5.41, 5.74) is 16.2. The van der Waals surface area contributed by atoms with Crippen molar-refractivity contribution in [2.24, 2.45) is 0 Å². The average Bonchev–Trinajstić information content (AvgIpc) is 3.27. The lowest BCUT2D eigenvalue weighted by Gasteiger charge is -2.22. The van der Waals surface area contributed by atoms with E-state index in [1.54, 1.807) is 48.5 Å². The molecule has 9 aromatic rings. The Balaban J connectivity index is 1.32. The van der Waals surface area contributed by atoms with Gasteiger partial charge in [0, 0.05) is 0 Å². The van der Waals surface area contributed by atoms with E-state index in [2.05, 4.69) is 72.8 Å². The molecule has 0 aliphatic carbocycles. The molecule has 278 valence electrons. The molecule has 4 N–H and O–H groups in total. The standard InChI is InChI=1S/C54H38O4/c55-43-23-15-35(16-24-43)47-31-33-49(37-19-27-45(57)28-20-37)53(51(47)39-7-3-1-4-8-39)41-11-13-42(14-12-41)54-50(38-21-29-46(58)30-22-38)34-32-48(36-17-25-44(56)26-18-36)52(54)40-9-5-2-6-10-40/h1-34,55-58H. The van der Waals surface area contributed by atoms with E-state index in [0.717, 1.165) is 89.0 Å². The van der Waals surface area contributed by atoms with Crippen LogP contribution in [0.1, 0.15) is 0 Å². The number of hydrogen-bond acceptors (Lipinski definition) is 4. The third kappa shape index (κ3) is 6.95. The SMILES string of the molecule is Oc1ccc(-c2ccc(-c3ccc(O)cc3)c(-c3ccc(-c4c(-c5ccc(O)cc5)ccc(-c5ccc(O)cc5)c4-c4ccccc4)cc3)c2-c2ccccc2)cc1. The molecule has 0 unspecified atom stereocenters. The second kappa shape index (κ2) is 15.4. The highest BCUT2D eigenvalue weighted by Crippen LogP contribution is 2.49. The average molecular weight is 751 g/mol. The van der Waals surface area contributed by atoms with Crippen LogP contribution in [0.5, 0.6) is 23.0 Å². The minimum absolute atomic E-state index is 0.201. The molecule has 4 heteroatoms. The summed E-state index contributed by atoms with van der Waals surface area (Å²) in [4.78, 5) is 0. The number of benzene rings is 9. The van der Waals surface area contributed by atoms with Crippen molar-refractivity contribution in [2.75, 3.05) is 0 Å². The molecule has 0 atom stereocenters. The minimum Gasteiger partial charge on any atom is -0.508 e. The first-order chi connectivity index (χ1) is 28.4. The van der Waals surface area contributed by atoms with Crippen molar-refractivity contribution in [1.29, 1.82) is 0 Å². The molecule has 0 heterocycles. The molecule has 0 aliphatic rings. The summed E-state index contributed by atoms with van der Waals surface area (Å²) in [5, 5.41) is 40.9. The Morgan fingerprint density at radius 1 is 0.172 bits per heavy atom. The Morgan fingerprint density at radius 3 is 0.586 bits per heavy atom. The zero-order chi connectivity index (χ0) is 39.6. The largest absolute Gasteiger partial charge is 0.508 e. The Bertz CT molecular complexity index is 2650. The van der Waals surface area contributed by atoms with Crippen LogP contribution in [-0.4, -0.2) is 20.4 Å². The van der Waals surface area contributed by atoms with Crippen molar-refractivity contribution in [3.05, 3.63) is 206 Å². The van der Waals surface area contributed by atoms with Gasteiger partial charge in [-0.05, 0) is 138 Å². The molecule has 0 amide bonds. The van der Waals surface area contributed by atoms with Gasteiger partial charge in [0.25, 0.3) is 0 Å². The van der Waals surface area contributed by atoms with Crippen molar-refractivity contribution in [3.8, 4) is 112 Å². The Hall–Kier alpha value is -7.82. The Kier molecular flexibility index (Phi) is 9.50. The fraction of sp³-hybridized carbons (Fsp3) is 0. The molecule has 58 heavy (non-hydrogen) atoms. The molecule has 0 aromatic heterocycles. The summed E-state index contributed by atoms with van der Waals surface area (Å²) in [6, 6.07) is 67.3. The van der Waals surface area contributed by atoms with Crippen LogP contribution in [-0.2, 0) is 0 Å². The molecule has 9 rings (SSSR count). The van der Waals surface area contributed by atoms with Gasteiger partial charge in [-0.1, -0.05) is 158 Å². The van der Waals surface area contributed by atoms with E-state index in [1.165, 1.54) is 0 Å². The van der Waals surface area contributed by atoms with E-state index < -0.39 is 0 Å². The molecule has 4 nitrogen and oxygen atoms in total. The summed E-state index contributed by atoms with van der Waals surface area (Å²) in [6.07, 6.45) is 0. The predicted molar refractivity (Wildman–Crippen MR) is 237 cm³/mol. The van der Waals surface area contributed by atoms with Gasteiger partial charge in [0.15, 0.2) is 0 Å².